The quantitative estimate of drug-likeness (QED) is 0.855. The summed E-state index contributed by atoms with van der Waals surface area (Å²) < 4.78 is 3.86. The lowest BCUT2D eigenvalue weighted by Gasteiger charge is -2.10. The van der Waals surface area contributed by atoms with Crippen LogP contribution in [0.4, 0.5) is 11.8 Å². The van der Waals surface area contributed by atoms with Crippen LogP contribution in [0.15, 0.2) is 24.7 Å². The molecule has 0 bridgehead atoms. The van der Waals surface area contributed by atoms with E-state index in [1.54, 1.807) is 10.9 Å². The van der Waals surface area contributed by atoms with Gasteiger partial charge >= 0.3 is 0 Å². The Morgan fingerprint density at radius 3 is 2.81 bits per heavy atom. The van der Waals surface area contributed by atoms with Crippen LogP contribution < -0.4 is 5.32 Å². The van der Waals surface area contributed by atoms with Crippen LogP contribution in [0.5, 0.6) is 0 Å². The summed E-state index contributed by atoms with van der Waals surface area (Å²) in [6.45, 7) is 5.32. The summed E-state index contributed by atoms with van der Waals surface area (Å²) in [4.78, 5) is 4.28. The van der Waals surface area contributed by atoms with E-state index in [0.717, 1.165) is 18.3 Å². The van der Waals surface area contributed by atoms with Crippen molar-refractivity contribution in [2.45, 2.75) is 20.4 Å². The van der Waals surface area contributed by atoms with Gasteiger partial charge in [-0.2, -0.15) is 5.10 Å². The molecule has 5 heteroatoms. The summed E-state index contributed by atoms with van der Waals surface area (Å²) in [7, 11) is 1.89. The number of nitrogens with one attached hydrogen (secondary N) is 1. The number of anilines is 2. The minimum absolute atomic E-state index is 0.596. The van der Waals surface area contributed by atoms with Crippen molar-refractivity contribution in [2.24, 2.45) is 13.0 Å². The van der Waals surface area contributed by atoms with Crippen LogP contribution in [0.2, 0.25) is 0 Å². The number of aromatic nitrogens is 4. The maximum atomic E-state index is 4.28. The second kappa shape index (κ2) is 4.38. The highest BCUT2D eigenvalue weighted by Gasteiger charge is 2.05. The number of imidazole rings is 1. The third-order valence-electron chi connectivity index (χ3n) is 2.23. The van der Waals surface area contributed by atoms with Crippen molar-refractivity contribution in [1.29, 1.82) is 0 Å². The lowest BCUT2D eigenvalue weighted by molar-refractivity contribution is 0.527. The van der Waals surface area contributed by atoms with E-state index >= 15 is 0 Å². The Morgan fingerprint density at radius 1 is 1.38 bits per heavy atom. The highest BCUT2D eigenvalue weighted by atomic mass is 15.3. The van der Waals surface area contributed by atoms with Gasteiger partial charge in [0.25, 0.3) is 0 Å². The van der Waals surface area contributed by atoms with Gasteiger partial charge in [0.2, 0.25) is 5.95 Å². The molecule has 0 radical (unpaired) electrons. The van der Waals surface area contributed by atoms with E-state index in [2.05, 4.69) is 33.8 Å². The first-order chi connectivity index (χ1) is 7.65. The van der Waals surface area contributed by atoms with Gasteiger partial charge in [0.05, 0.1) is 0 Å². The molecular formula is C11H17N5. The fourth-order valence-corrected chi connectivity index (χ4v) is 1.57. The average molecular weight is 219 g/mol. The molecule has 16 heavy (non-hydrogen) atoms. The van der Waals surface area contributed by atoms with E-state index in [4.69, 9.17) is 0 Å². The molecule has 2 rings (SSSR count). The summed E-state index contributed by atoms with van der Waals surface area (Å²) in [5.74, 6) is 2.25. The Bertz CT molecular complexity index is 454. The molecule has 2 aromatic rings. The standard InChI is InChI=1S/C11H17N5/c1-9(2)8-16-7-5-12-11(16)13-10-4-6-15(3)14-10/h4-7,9H,8H2,1-3H3,(H,12,13,14). The summed E-state index contributed by atoms with van der Waals surface area (Å²) in [5, 5.41) is 7.46. The van der Waals surface area contributed by atoms with Crippen molar-refractivity contribution in [3.8, 4) is 0 Å². The monoisotopic (exact) mass is 219 g/mol. The van der Waals surface area contributed by atoms with Crippen LogP contribution in [0, 0.1) is 5.92 Å². The predicted molar refractivity (Wildman–Crippen MR) is 63.6 cm³/mol. The molecule has 0 aliphatic carbocycles. The fourth-order valence-electron chi connectivity index (χ4n) is 1.57. The van der Waals surface area contributed by atoms with E-state index in [1.165, 1.54) is 0 Å². The van der Waals surface area contributed by atoms with Gasteiger partial charge in [-0.05, 0) is 5.92 Å². The average Bonchev–Trinajstić information content (AvgIpc) is 2.77. The van der Waals surface area contributed by atoms with Crippen LogP contribution >= 0.6 is 0 Å². The number of hydrogen-bond donors (Lipinski definition) is 1. The van der Waals surface area contributed by atoms with Gasteiger partial charge in [0.1, 0.15) is 0 Å². The molecule has 5 nitrogen and oxygen atoms in total. The molecule has 2 heterocycles. The van der Waals surface area contributed by atoms with Crippen molar-refractivity contribution in [3.63, 3.8) is 0 Å². The van der Waals surface area contributed by atoms with Gasteiger partial charge in [-0.15, -0.1) is 0 Å². The molecule has 1 N–H and O–H groups in total. The van der Waals surface area contributed by atoms with Gasteiger partial charge in [-0.3, -0.25) is 4.68 Å². The third-order valence-corrected chi connectivity index (χ3v) is 2.23. The van der Waals surface area contributed by atoms with Crippen molar-refractivity contribution in [2.75, 3.05) is 5.32 Å². The Hall–Kier alpha value is -1.78. The Kier molecular flexibility index (Phi) is 2.94. The SMILES string of the molecule is CC(C)Cn1ccnc1Nc1ccn(C)n1. The van der Waals surface area contributed by atoms with Crippen LogP contribution in [0.1, 0.15) is 13.8 Å². The Morgan fingerprint density at radius 2 is 2.19 bits per heavy atom. The molecule has 0 saturated heterocycles. The number of nitrogens with zero attached hydrogens (tertiary/aromatic N) is 4. The summed E-state index contributed by atoms with van der Waals surface area (Å²) in [5.41, 5.74) is 0. The van der Waals surface area contributed by atoms with Gasteiger partial charge in [-0.25, -0.2) is 4.98 Å². The zero-order valence-electron chi connectivity index (χ0n) is 9.88. The molecule has 0 aliphatic rings. The van der Waals surface area contributed by atoms with Gasteiger partial charge in [0, 0.05) is 38.2 Å². The summed E-state index contributed by atoms with van der Waals surface area (Å²) in [6.07, 6.45) is 5.68. The molecule has 0 fully saturated rings. The fraction of sp³-hybridized carbons (Fsp3) is 0.455. The lowest BCUT2D eigenvalue weighted by Crippen LogP contribution is -2.07. The van der Waals surface area contributed by atoms with E-state index < -0.39 is 0 Å². The maximum Gasteiger partial charge on any atom is 0.208 e. The molecule has 0 aromatic carbocycles. The number of rotatable bonds is 4. The normalized spacial score (nSPS) is 11.0. The van der Waals surface area contributed by atoms with Gasteiger partial charge in [-0.1, -0.05) is 13.8 Å². The van der Waals surface area contributed by atoms with Crippen molar-refractivity contribution in [1.82, 2.24) is 19.3 Å². The van der Waals surface area contributed by atoms with Crippen LogP contribution in [0.3, 0.4) is 0 Å². The van der Waals surface area contributed by atoms with Gasteiger partial charge < -0.3 is 9.88 Å². The second-order valence-electron chi connectivity index (χ2n) is 4.30. The molecule has 86 valence electrons. The second-order valence-corrected chi connectivity index (χ2v) is 4.30. The third kappa shape index (κ3) is 2.42. The van der Waals surface area contributed by atoms with Gasteiger partial charge in [0.15, 0.2) is 5.82 Å². The number of aryl methyl sites for hydroxylation is 1. The lowest BCUT2D eigenvalue weighted by atomic mass is 10.2. The molecule has 0 amide bonds. The summed E-state index contributed by atoms with van der Waals surface area (Å²) in [6, 6.07) is 1.92. The topological polar surface area (TPSA) is 47.7 Å². The Labute approximate surface area is 95.1 Å². The zero-order chi connectivity index (χ0) is 11.5. The van der Waals surface area contributed by atoms with Crippen molar-refractivity contribution >= 4 is 11.8 Å². The first-order valence-corrected chi connectivity index (χ1v) is 5.43. The highest BCUT2D eigenvalue weighted by Crippen LogP contribution is 2.13. The maximum absolute atomic E-state index is 4.28. The first kappa shape index (κ1) is 10.7. The van der Waals surface area contributed by atoms with E-state index in [-0.39, 0.29) is 0 Å². The Balaban J connectivity index is 2.12. The largest absolute Gasteiger partial charge is 0.317 e. The van der Waals surface area contributed by atoms with Crippen LogP contribution in [-0.4, -0.2) is 19.3 Å². The van der Waals surface area contributed by atoms with E-state index in [9.17, 15) is 0 Å². The van der Waals surface area contributed by atoms with Crippen LogP contribution in [0.25, 0.3) is 0 Å². The molecule has 0 saturated carbocycles. The zero-order valence-corrected chi connectivity index (χ0v) is 9.88. The predicted octanol–water partition coefficient (Wildman–Crippen LogP) is 2.02. The van der Waals surface area contributed by atoms with Crippen LogP contribution in [-0.2, 0) is 13.6 Å². The smallest absolute Gasteiger partial charge is 0.208 e. The van der Waals surface area contributed by atoms with E-state index in [1.807, 2.05) is 25.5 Å². The summed E-state index contributed by atoms with van der Waals surface area (Å²) >= 11 is 0. The molecule has 0 unspecified atom stereocenters. The molecular weight excluding hydrogens is 202 g/mol. The minimum atomic E-state index is 0.596. The van der Waals surface area contributed by atoms with Crippen molar-refractivity contribution < 1.29 is 0 Å². The molecule has 0 atom stereocenters. The molecule has 2 aromatic heterocycles. The molecule has 0 spiro atoms. The first-order valence-electron chi connectivity index (χ1n) is 5.43. The van der Waals surface area contributed by atoms with Crippen molar-refractivity contribution in [3.05, 3.63) is 24.7 Å². The minimum Gasteiger partial charge on any atom is -0.317 e. The highest BCUT2D eigenvalue weighted by molar-refractivity contribution is 5.47. The van der Waals surface area contributed by atoms with E-state index in [0.29, 0.717) is 5.92 Å². The number of hydrogen-bond acceptors (Lipinski definition) is 3. The molecule has 0 aliphatic heterocycles.